The van der Waals surface area contributed by atoms with E-state index in [0.717, 1.165) is 82.1 Å². The third-order valence-corrected chi connectivity index (χ3v) is 12.0. The van der Waals surface area contributed by atoms with Gasteiger partial charge in [0.25, 0.3) is 0 Å². The molecule has 0 amide bonds. The molecule has 14 nitrogen and oxygen atoms in total. The highest BCUT2D eigenvalue weighted by molar-refractivity contribution is 9.11. The Morgan fingerprint density at radius 2 is 1.43 bits per heavy atom. The van der Waals surface area contributed by atoms with E-state index in [1.807, 2.05) is 40.9 Å². The van der Waals surface area contributed by atoms with Gasteiger partial charge >= 0.3 is 0 Å². The summed E-state index contributed by atoms with van der Waals surface area (Å²) in [6, 6.07) is 11.5. The number of aliphatic hydroxyl groups excluding tert-OH is 2. The summed E-state index contributed by atoms with van der Waals surface area (Å²) in [5, 5.41) is 44.4. The van der Waals surface area contributed by atoms with Gasteiger partial charge in [-0.25, -0.2) is 9.97 Å². The first-order valence-corrected chi connectivity index (χ1v) is 19.8. The number of fused-ring (bicyclic) bond motifs is 2. The molecule has 0 bridgehead atoms. The van der Waals surface area contributed by atoms with E-state index >= 15 is 0 Å². The van der Waals surface area contributed by atoms with Crippen LogP contribution in [0.1, 0.15) is 56.6 Å². The molecule has 6 aromatic rings. The third kappa shape index (κ3) is 7.68. The van der Waals surface area contributed by atoms with Crippen LogP contribution in [0.15, 0.2) is 76.3 Å². The molecule has 276 valence electrons. The molecule has 8 rings (SSSR count). The topological polar surface area (TPSA) is 175 Å². The molecule has 2 fully saturated rings. The van der Waals surface area contributed by atoms with Gasteiger partial charge in [0.2, 0.25) is 0 Å². The molecule has 0 saturated heterocycles. The summed E-state index contributed by atoms with van der Waals surface area (Å²) < 4.78 is 5.22. The lowest BCUT2D eigenvalue weighted by atomic mass is 9.77. The summed E-state index contributed by atoms with van der Waals surface area (Å²) >= 11 is 7.53. The van der Waals surface area contributed by atoms with Crippen molar-refractivity contribution in [1.82, 2.24) is 39.2 Å². The van der Waals surface area contributed by atoms with Gasteiger partial charge in [0.15, 0.2) is 11.3 Å². The largest absolute Gasteiger partial charge is 0.396 e. The van der Waals surface area contributed by atoms with Crippen LogP contribution in [0.3, 0.4) is 0 Å². The average Bonchev–Trinajstić information content (AvgIpc) is 3.74. The molecular weight excluding hydrogens is 804 g/mol. The zero-order valence-corrected chi connectivity index (χ0v) is 32.2. The van der Waals surface area contributed by atoms with Crippen molar-refractivity contribution in [3.63, 3.8) is 0 Å². The average molecular weight is 847 g/mol. The van der Waals surface area contributed by atoms with Gasteiger partial charge in [0.05, 0.1) is 44.6 Å². The van der Waals surface area contributed by atoms with Crippen molar-refractivity contribution in [2.45, 2.75) is 56.9 Å². The van der Waals surface area contributed by atoms with Crippen LogP contribution in [0.2, 0.25) is 0 Å². The number of aromatic nitrogens is 8. The summed E-state index contributed by atoms with van der Waals surface area (Å²) in [5.41, 5.74) is 3.95. The maximum Gasteiger partial charge on any atom is 0.174 e. The molecule has 6 aromatic heterocycles. The van der Waals surface area contributed by atoms with Crippen molar-refractivity contribution in [2.24, 2.45) is 17.8 Å². The van der Waals surface area contributed by atoms with Crippen LogP contribution >= 0.6 is 31.9 Å². The molecule has 0 aromatic carbocycles. The molecule has 5 atom stereocenters. The number of halogens is 2. The maximum absolute atomic E-state index is 10.5. The first-order chi connectivity index (χ1) is 26.0. The van der Waals surface area contributed by atoms with Crippen molar-refractivity contribution in [2.75, 3.05) is 41.0 Å². The molecule has 6 heterocycles. The molecule has 16 heteroatoms. The Morgan fingerprint density at radius 1 is 0.755 bits per heavy atom. The number of nitrogens with one attached hydrogen (secondary N) is 4. The van der Waals surface area contributed by atoms with Gasteiger partial charge in [-0.2, -0.15) is 19.2 Å². The molecule has 2 aliphatic carbocycles. The summed E-state index contributed by atoms with van der Waals surface area (Å²) in [6.07, 6.45) is 15.7. The summed E-state index contributed by atoms with van der Waals surface area (Å²) in [5.74, 6) is 3.71. The van der Waals surface area contributed by atoms with Gasteiger partial charge < -0.3 is 31.5 Å². The molecule has 53 heavy (non-hydrogen) atoms. The highest BCUT2D eigenvalue weighted by Gasteiger charge is 2.35. The molecule has 2 aliphatic rings. The van der Waals surface area contributed by atoms with Gasteiger partial charge in [-0.3, -0.25) is 9.97 Å². The Kier molecular flexibility index (Phi) is 10.7. The van der Waals surface area contributed by atoms with Gasteiger partial charge in [-0.05, 0) is 100 Å². The minimum absolute atomic E-state index is 0.0300. The van der Waals surface area contributed by atoms with Crippen LogP contribution in [0.4, 0.5) is 34.6 Å². The molecule has 0 spiro atoms. The van der Waals surface area contributed by atoms with Crippen molar-refractivity contribution >= 4 is 77.8 Å². The number of aliphatic hydroxyl groups is 2. The SMILES string of the molecule is OC[C@H]1CCCC[C@H]1CNc1cc(Nc2cccnc2)n2nc(C3CC[C@@H](CO)[C@H](Nc4cc(Nc5cccnc5)n5ncc(Br)c5n4)C3)c(Br)c2n1. The van der Waals surface area contributed by atoms with Crippen LogP contribution in [0, 0.1) is 17.8 Å². The Labute approximate surface area is 323 Å². The lowest BCUT2D eigenvalue weighted by Gasteiger charge is -2.35. The Morgan fingerprint density at radius 3 is 2.13 bits per heavy atom. The highest BCUT2D eigenvalue weighted by Crippen LogP contribution is 2.41. The maximum atomic E-state index is 10.5. The fourth-order valence-corrected chi connectivity index (χ4v) is 8.82. The summed E-state index contributed by atoms with van der Waals surface area (Å²) in [6.45, 7) is 1.02. The molecule has 0 aliphatic heterocycles. The second kappa shape index (κ2) is 15.9. The van der Waals surface area contributed by atoms with Gasteiger partial charge in [0.1, 0.15) is 23.3 Å². The Balaban J connectivity index is 1.09. The Hall–Kier alpha value is -4.38. The van der Waals surface area contributed by atoms with Crippen molar-refractivity contribution in [3.8, 4) is 0 Å². The number of pyridine rings is 2. The standard InChI is InChI=1S/C37H42Br2N12O2/c38-28-19-43-50-32(44-26-7-3-11-40-17-26)15-31(48-36(28)50)46-29-13-22(9-10-25(29)21-53)35-34(39)37-47-30(42-16-23-5-1-2-6-24(23)20-52)14-33(51(37)49-35)45-27-8-4-12-41-18-27/h3-4,7-8,11-12,14-15,17-19,22-25,29,44-45,52-53H,1-2,5-6,9-10,13,16,20-21H2,(H,42,47)(H,46,48)/t22?,23-,24+,25-,29+/m0/s1. The summed E-state index contributed by atoms with van der Waals surface area (Å²) in [4.78, 5) is 18.5. The van der Waals surface area contributed by atoms with Crippen LogP contribution < -0.4 is 21.3 Å². The number of anilines is 6. The molecule has 6 N–H and O–H groups in total. The van der Waals surface area contributed by atoms with Crippen molar-refractivity contribution in [1.29, 1.82) is 0 Å². The molecular formula is C37H42Br2N12O2. The lowest BCUT2D eigenvalue weighted by Crippen LogP contribution is -2.37. The minimum Gasteiger partial charge on any atom is -0.396 e. The van der Waals surface area contributed by atoms with Gasteiger partial charge in [-0.15, -0.1) is 0 Å². The molecule has 1 unspecified atom stereocenters. The monoisotopic (exact) mass is 844 g/mol. The van der Waals surface area contributed by atoms with Crippen LogP contribution in [-0.4, -0.2) is 75.2 Å². The van der Waals surface area contributed by atoms with E-state index in [4.69, 9.17) is 15.1 Å². The van der Waals surface area contributed by atoms with Gasteiger partial charge in [0, 0.05) is 62.2 Å². The van der Waals surface area contributed by atoms with E-state index in [-0.39, 0.29) is 31.1 Å². The second-order valence-electron chi connectivity index (χ2n) is 14.0. The van der Waals surface area contributed by atoms with Crippen LogP contribution in [0.5, 0.6) is 0 Å². The quantitative estimate of drug-likeness (QED) is 0.0736. The number of nitrogens with zero attached hydrogens (tertiary/aromatic N) is 8. The van der Waals surface area contributed by atoms with E-state index in [2.05, 4.69) is 68.2 Å². The molecule has 0 radical (unpaired) electrons. The van der Waals surface area contributed by atoms with E-state index in [1.54, 1.807) is 35.5 Å². The zero-order chi connectivity index (χ0) is 36.3. The predicted octanol–water partition coefficient (Wildman–Crippen LogP) is 7.14. The zero-order valence-electron chi connectivity index (χ0n) is 29.0. The first kappa shape index (κ1) is 35.6. The smallest absolute Gasteiger partial charge is 0.174 e. The van der Waals surface area contributed by atoms with E-state index in [0.29, 0.717) is 28.9 Å². The van der Waals surface area contributed by atoms with Crippen molar-refractivity contribution < 1.29 is 10.2 Å². The van der Waals surface area contributed by atoms with E-state index in [1.165, 1.54) is 12.8 Å². The highest BCUT2D eigenvalue weighted by atomic mass is 79.9. The fraction of sp³-hybridized carbons (Fsp3) is 0.405. The second-order valence-corrected chi connectivity index (χ2v) is 15.7. The van der Waals surface area contributed by atoms with Crippen molar-refractivity contribution in [3.05, 3.63) is 82.0 Å². The third-order valence-electron chi connectivity index (χ3n) is 10.6. The predicted molar refractivity (Wildman–Crippen MR) is 212 cm³/mol. The first-order valence-electron chi connectivity index (χ1n) is 18.2. The van der Waals surface area contributed by atoms with Gasteiger partial charge in [-0.1, -0.05) is 12.8 Å². The normalized spacial score (nSPS) is 21.8. The Bertz CT molecular complexity index is 2170. The number of rotatable bonds is 12. The number of hydrogen-bond donors (Lipinski definition) is 6. The fourth-order valence-electron chi connectivity index (χ4n) is 7.81. The lowest BCUT2D eigenvalue weighted by molar-refractivity contribution is 0.141. The van der Waals surface area contributed by atoms with Crippen LogP contribution in [-0.2, 0) is 0 Å². The number of hydrogen-bond acceptors (Lipinski definition) is 12. The van der Waals surface area contributed by atoms with E-state index < -0.39 is 0 Å². The van der Waals surface area contributed by atoms with E-state index in [9.17, 15) is 10.2 Å². The summed E-state index contributed by atoms with van der Waals surface area (Å²) in [7, 11) is 0. The molecule has 2 saturated carbocycles. The minimum atomic E-state index is -0.0773. The van der Waals surface area contributed by atoms with Crippen LogP contribution in [0.25, 0.3) is 11.3 Å².